The van der Waals surface area contributed by atoms with Crippen LogP contribution < -0.4 is 14.8 Å². The van der Waals surface area contributed by atoms with Gasteiger partial charge in [-0.25, -0.2) is 4.39 Å². The van der Waals surface area contributed by atoms with Gasteiger partial charge in [0, 0.05) is 18.2 Å². The number of hydrogen-bond acceptors (Lipinski definition) is 3. The molecule has 0 aliphatic heterocycles. The Morgan fingerprint density at radius 1 is 1.19 bits per heavy atom. The standard InChI is InChI=1S/C21H24FNO3/c1-25-20-11-10-16(14-19(20)22)23-21(24)12-9-15-5-4-8-18(13-15)26-17-6-2-3-7-17/h4-5,8,10-11,13-14,17H,2-3,6-7,9,12H2,1H3,(H,23,24). The van der Waals surface area contributed by atoms with E-state index in [0.717, 1.165) is 24.2 Å². The summed E-state index contributed by atoms with van der Waals surface area (Å²) in [7, 11) is 1.40. The number of rotatable bonds is 7. The molecule has 0 saturated heterocycles. The Labute approximate surface area is 153 Å². The van der Waals surface area contributed by atoms with Crippen LogP contribution in [0.4, 0.5) is 10.1 Å². The van der Waals surface area contributed by atoms with Crippen molar-refractivity contribution in [3.8, 4) is 11.5 Å². The van der Waals surface area contributed by atoms with Crippen LogP contribution in [0.3, 0.4) is 0 Å². The van der Waals surface area contributed by atoms with Crippen molar-refractivity contribution in [3.05, 3.63) is 53.8 Å². The van der Waals surface area contributed by atoms with Gasteiger partial charge in [-0.05, 0) is 61.9 Å². The van der Waals surface area contributed by atoms with Gasteiger partial charge in [-0.3, -0.25) is 4.79 Å². The number of hydrogen-bond donors (Lipinski definition) is 1. The topological polar surface area (TPSA) is 47.6 Å². The lowest BCUT2D eigenvalue weighted by Gasteiger charge is -2.14. The molecule has 138 valence electrons. The summed E-state index contributed by atoms with van der Waals surface area (Å²) in [4.78, 5) is 12.1. The predicted molar refractivity (Wildman–Crippen MR) is 99.2 cm³/mol. The summed E-state index contributed by atoms with van der Waals surface area (Å²) < 4.78 is 24.5. The minimum Gasteiger partial charge on any atom is -0.494 e. The lowest BCUT2D eigenvalue weighted by Crippen LogP contribution is -2.13. The number of carbonyl (C=O) groups is 1. The molecule has 0 spiro atoms. The number of nitrogens with one attached hydrogen (secondary N) is 1. The number of carbonyl (C=O) groups excluding carboxylic acids is 1. The number of anilines is 1. The highest BCUT2D eigenvalue weighted by atomic mass is 19.1. The molecule has 0 aromatic heterocycles. The Balaban J connectivity index is 1.51. The average Bonchev–Trinajstić information content (AvgIpc) is 3.13. The Hall–Kier alpha value is -2.56. The van der Waals surface area contributed by atoms with Gasteiger partial charge in [-0.15, -0.1) is 0 Å². The fraction of sp³-hybridized carbons (Fsp3) is 0.381. The first-order valence-electron chi connectivity index (χ1n) is 9.03. The van der Waals surface area contributed by atoms with Crippen molar-refractivity contribution in [1.82, 2.24) is 0 Å². The van der Waals surface area contributed by atoms with E-state index < -0.39 is 5.82 Å². The summed E-state index contributed by atoms with van der Waals surface area (Å²) >= 11 is 0. The van der Waals surface area contributed by atoms with Crippen LogP contribution in [0.5, 0.6) is 11.5 Å². The molecule has 2 aromatic carbocycles. The first-order chi connectivity index (χ1) is 12.6. The molecule has 26 heavy (non-hydrogen) atoms. The molecular formula is C21H24FNO3. The van der Waals surface area contributed by atoms with E-state index in [9.17, 15) is 9.18 Å². The van der Waals surface area contributed by atoms with Gasteiger partial charge in [0.15, 0.2) is 11.6 Å². The monoisotopic (exact) mass is 357 g/mol. The van der Waals surface area contributed by atoms with Crippen molar-refractivity contribution in [2.75, 3.05) is 12.4 Å². The van der Waals surface area contributed by atoms with E-state index in [2.05, 4.69) is 5.32 Å². The lowest BCUT2D eigenvalue weighted by atomic mass is 10.1. The molecule has 1 aliphatic carbocycles. The minimum atomic E-state index is -0.498. The molecule has 1 amide bonds. The zero-order valence-corrected chi connectivity index (χ0v) is 15.0. The van der Waals surface area contributed by atoms with Gasteiger partial charge in [0.05, 0.1) is 13.2 Å². The Kier molecular flexibility index (Phi) is 6.10. The smallest absolute Gasteiger partial charge is 0.224 e. The zero-order chi connectivity index (χ0) is 18.4. The van der Waals surface area contributed by atoms with Crippen LogP contribution in [0.15, 0.2) is 42.5 Å². The second-order valence-electron chi connectivity index (χ2n) is 6.57. The van der Waals surface area contributed by atoms with Crippen molar-refractivity contribution < 1.29 is 18.7 Å². The molecule has 2 aromatic rings. The molecule has 1 saturated carbocycles. The number of halogens is 1. The fourth-order valence-electron chi connectivity index (χ4n) is 3.20. The second-order valence-corrected chi connectivity index (χ2v) is 6.57. The summed E-state index contributed by atoms with van der Waals surface area (Å²) in [5, 5.41) is 2.71. The molecule has 5 heteroatoms. The van der Waals surface area contributed by atoms with Gasteiger partial charge in [0.2, 0.25) is 5.91 Å². The molecule has 0 heterocycles. The van der Waals surface area contributed by atoms with Crippen LogP contribution in [-0.4, -0.2) is 19.1 Å². The maximum absolute atomic E-state index is 13.7. The third-order valence-electron chi connectivity index (χ3n) is 4.58. The van der Waals surface area contributed by atoms with Crippen molar-refractivity contribution in [3.63, 3.8) is 0 Å². The van der Waals surface area contributed by atoms with E-state index >= 15 is 0 Å². The van der Waals surface area contributed by atoms with Crippen LogP contribution in [0.1, 0.15) is 37.7 Å². The Morgan fingerprint density at radius 3 is 2.73 bits per heavy atom. The molecule has 3 rings (SSSR count). The van der Waals surface area contributed by atoms with Crippen LogP contribution in [-0.2, 0) is 11.2 Å². The largest absolute Gasteiger partial charge is 0.494 e. The van der Waals surface area contributed by atoms with E-state index in [0.29, 0.717) is 24.6 Å². The number of methoxy groups -OCH3 is 1. The first-order valence-corrected chi connectivity index (χ1v) is 9.03. The summed E-state index contributed by atoms with van der Waals surface area (Å²) in [6.45, 7) is 0. The molecule has 1 aliphatic rings. The Bertz CT molecular complexity index is 757. The quantitative estimate of drug-likeness (QED) is 0.779. The number of amides is 1. The Morgan fingerprint density at radius 2 is 2.00 bits per heavy atom. The van der Waals surface area contributed by atoms with E-state index in [4.69, 9.17) is 9.47 Å². The summed E-state index contributed by atoms with van der Waals surface area (Å²) in [6, 6.07) is 12.3. The summed E-state index contributed by atoms with van der Waals surface area (Å²) in [5.74, 6) is 0.368. The fourth-order valence-corrected chi connectivity index (χ4v) is 3.20. The first kappa shape index (κ1) is 18.2. The maximum atomic E-state index is 13.7. The third kappa shape index (κ3) is 4.97. The van der Waals surface area contributed by atoms with E-state index in [1.807, 2.05) is 24.3 Å². The van der Waals surface area contributed by atoms with Gasteiger partial charge in [0.25, 0.3) is 0 Å². The van der Waals surface area contributed by atoms with Gasteiger partial charge in [-0.2, -0.15) is 0 Å². The number of ether oxygens (including phenoxy) is 2. The normalized spacial score (nSPS) is 14.2. The van der Waals surface area contributed by atoms with E-state index in [-0.39, 0.29) is 11.7 Å². The summed E-state index contributed by atoms with van der Waals surface area (Å²) in [5.41, 5.74) is 1.48. The van der Waals surface area contributed by atoms with Crippen molar-refractivity contribution in [1.29, 1.82) is 0 Å². The second kappa shape index (κ2) is 8.70. The lowest BCUT2D eigenvalue weighted by molar-refractivity contribution is -0.116. The molecule has 0 atom stereocenters. The van der Waals surface area contributed by atoms with Crippen LogP contribution in [0, 0.1) is 5.82 Å². The highest BCUT2D eigenvalue weighted by Gasteiger charge is 2.16. The highest BCUT2D eigenvalue weighted by Crippen LogP contribution is 2.25. The highest BCUT2D eigenvalue weighted by molar-refractivity contribution is 5.90. The molecule has 0 unspecified atom stereocenters. The van der Waals surface area contributed by atoms with Crippen LogP contribution in [0.2, 0.25) is 0 Å². The SMILES string of the molecule is COc1ccc(NC(=O)CCc2cccc(OC3CCCC3)c2)cc1F. The zero-order valence-electron chi connectivity index (χ0n) is 15.0. The minimum absolute atomic E-state index is 0.155. The summed E-state index contributed by atoms with van der Waals surface area (Å²) in [6.07, 6.45) is 5.94. The number of aryl methyl sites for hydroxylation is 1. The molecule has 0 bridgehead atoms. The van der Waals surface area contributed by atoms with Gasteiger partial charge >= 0.3 is 0 Å². The van der Waals surface area contributed by atoms with Gasteiger partial charge in [0.1, 0.15) is 5.75 Å². The van der Waals surface area contributed by atoms with E-state index in [1.54, 1.807) is 6.07 Å². The maximum Gasteiger partial charge on any atom is 0.224 e. The van der Waals surface area contributed by atoms with E-state index in [1.165, 1.54) is 32.1 Å². The van der Waals surface area contributed by atoms with Crippen LogP contribution >= 0.6 is 0 Å². The van der Waals surface area contributed by atoms with Crippen LogP contribution in [0.25, 0.3) is 0 Å². The van der Waals surface area contributed by atoms with Crippen molar-refractivity contribution >= 4 is 11.6 Å². The van der Waals surface area contributed by atoms with Crippen molar-refractivity contribution in [2.24, 2.45) is 0 Å². The third-order valence-corrected chi connectivity index (χ3v) is 4.58. The van der Waals surface area contributed by atoms with Crippen molar-refractivity contribution in [2.45, 2.75) is 44.6 Å². The molecule has 1 fully saturated rings. The molecule has 1 N–H and O–H groups in total. The van der Waals surface area contributed by atoms with Gasteiger partial charge < -0.3 is 14.8 Å². The van der Waals surface area contributed by atoms with Gasteiger partial charge in [-0.1, -0.05) is 12.1 Å². The predicted octanol–water partition coefficient (Wildman–Crippen LogP) is 4.73. The number of benzene rings is 2. The molecule has 4 nitrogen and oxygen atoms in total. The average molecular weight is 357 g/mol. The molecular weight excluding hydrogens is 333 g/mol. The molecule has 0 radical (unpaired) electrons.